The predicted octanol–water partition coefficient (Wildman–Crippen LogP) is 3.79. The molecule has 0 bridgehead atoms. The largest absolute Gasteiger partial charge is 0.313 e. The first kappa shape index (κ1) is 14.0. The molecule has 106 valence electrons. The van der Waals surface area contributed by atoms with Crippen molar-refractivity contribution in [3.63, 3.8) is 0 Å². The second-order valence-corrected chi connectivity index (χ2v) is 5.38. The fourth-order valence-electron chi connectivity index (χ4n) is 2.52. The number of likely N-dealkylation sites (N-methyl/N-ethyl adjacent to an activating group) is 1. The zero-order chi connectivity index (χ0) is 14.7. The Morgan fingerprint density at radius 3 is 2.57 bits per heavy atom. The van der Waals surface area contributed by atoms with Crippen molar-refractivity contribution < 1.29 is 0 Å². The highest BCUT2D eigenvalue weighted by molar-refractivity contribution is 6.30. The molecule has 0 saturated carbocycles. The molecule has 0 radical (unpaired) electrons. The van der Waals surface area contributed by atoms with Gasteiger partial charge in [-0.1, -0.05) is 35.9 Å². The minimum Gasteiger partial charge on any atom is -0.313 e. The zero-order valence-electron chi connectivity index (χ0n) is 11.8. The van der Waals surface area contributed by atoms with Gasteiger partial charge in [0.2, 0.25) is 0 Å². The average molecular weight is 298 g/mol. The second-order valence-electron chi connectivity index (χ2n) is 4.94. The van der Waals surface area contributed by atoms with Gasteiger partial charge >= 0.3 is 0 Å². The SMILES string of the molecule is CNC(Cc1ccc(Cl)cc1)c1cccc2nccnc12. The number of nitrogens with one attached hydrogen (secondary N) is 1. The molecule has 1 N–H and O–H groups in total. The molecule has 0 fully saturated rings. The van der Waals surface area contributed by atoms with Gasteiger partial charge in [-0.25, -0.2) is 0 Å². The Labute approximate surface area is 129 Å². The number of aromatic nitrogens is 2. The van der Waals surface area contributed by atoms with Gasteiger partial charge in [-0.3, -0.25) is 9.97 Å². The molecule has 1 heterocycles. The van der Waals surface area contributed by atoms with Crippen molar-refractivity contribution in [2.75, 3.05) is 7.05 Å². The van der Waals surface area contributed by atoms with Gasteiger partial charge in [0.15, 0.2) is 0 Å². The number of rotatable bonds is 4. The van der Waals surface area contributed by atoms with Crippen molar-refractivity contribution >= 4 is 22.6 Å². The van der Waals surface area contributed by atoms with E-state index in [9.17, 15) is 0 Å². The molecule has 1 unspecified atom stereocenters. The highest BCUT2D eigenvalue weighted by Crippen LogP contribution is 2.24. The number of hydrogen-bond acceptors (Lipinski definition) is 3. The van der Waals surface area contributed by atoms with Crippen LogP contribution in [0, 0.1) is 0 Å². The third-order valence-electron chi connectivity index (χ3n) is 3.61. The molecule has 3 nitrogen and oxygen atoms in total. The Kier molecular flexibility index (Phi) is 4.13. The van der Waals surface area contributed by atoms with Gasteiger partial charge < -0.3 is 5.32 Å². The van der Waals surface area contributed by atoms with Crippen molar-refractivity contribution in [2.45, 2.75) is 12.5 Å². The number of fused-ring (bicyclic) bond motifs is 1. The molecule has 3 rings (SSSR count). The summed E-state index contributed by atoms with van der Waals surface area (Å²) in [5, 5.41) is 4.13. The molecule has 0 aliphatic carbocycles. The maximum Gasteiger partial charge on any atom is 0.0934 e. The lowest BCUT2D eigenvalue weighted by molar-refractivity contribution is 0.595. The summed E-state index contributed by atoms with van der Waals surface area (Å²) in [5.41, 5.74) is 4.28. The fourth-order valence-corrected chi connectivity index (χ4v) is 2.65. The lowest BCUT2D eigenvalue weighted by Crippen LogP contribution is -2.19. The molecule has 21 heavy (non-hydrogen) atoms. The number of benzene rings is 2. The fraction of sp³-hybridized carbons (Fsp3) is 0.176. The monoisotopic (exact) mass is 297 g/mol. The van der Waals surface area contributed by atoms with Gasteiger partial charge in [0.1, 0.15) is 0 Å². The minimum atomic E-state index is 0.187. The molecule has 0 aliphatic heterocycles. The topological polar surface area (TPSA) is 37.8 Å². The van der Waals surface area contributed by atoms with Gasteiger partial charge in [0.05, 0.1) is 11.0 Å². The van der Waals surface area contributed by atoms with E-state index in [0.29, 0.717) is 0 Å². The quantitative estimate of drug-likeness (QED) is 0.796. The Morgan fingerprint density at radius 1 is 1.05 bits per heavy atom. The molecule has 0 saturated heterocycles. The number of para-hydroxylation sites is 1. The molecular formula is C17H16ClN3. The number of hydrogen-bond donors (Lipinski definition) is 1. The van der Waals surface area contributed by atoms with E-state index in [1.54, 1.807) is 12.4 Å². The summed E-state index contributed by atoms with van der Waals surface area (Å²) >= 11 is 5.94. The molecule has 1 atom stereocenters. The van der Waals surface area contributed by atoms with Crippen molar-refractivity contribution in [3.8, 4) is 0 Å². The van der Waals surface area contributed by atoms with E-state index in [4.69, 9.17) is 11.6 Å². The van der Waals surface area contributed by atoms with Crippen LogP contribution in [0.1, 0.15) is 17.2 Å². The molecule has 4 heteroatoms. The van der Waals surface area contributed by atoms with E-state index < -0.39 is 0 Å². The average Bonchev–Trinajstić information content (AvgIpc) is 2.54. The first-order chi connectivity index (χ1) is 10.3. The molecule has 2 aromatic carbocycles. The summed E-state index contributed by atoms with van der Waals surface area (Å²) in [6.45, 7) is 0. The predicted molar refractivity (Wildman–Crippen MR) is 86.5 cm³/mol. The van der Waals surface area contributed by atoms with E-state index in [1.165, 1.54) is 5.56 Å². The summed E-state index contributed by atoms with van der Waals surface area (Å²) in [7, 11) is 1.97. The second kappa shape index (κ2) is 6.20. The van der Waals surface area contributed by atoms with Gasteiger partial charge in [0.25, 0.3) is 0 Å². The van der Waals surface area contributed by atoms with Crippen LogP contribution >= 0.6 is 11.6 Å². The van der Waals surface area contributed by atoms with Crippen LogP contribution in [0.25, 0.3) is 11.0 Å². The summed E-state index contributed by atoms with van der Waals surface area (Å²) in [6, 6.07) is 14.3. The minimum absolute atomic E-state index is 0.187. The van der Waals surface area contributed by atoms with Crippen LogP contribution in [0.15, 0.2) is 54.9 Å². The third-order valence-corrected chi connectivity index (χ3v) is 3.86. The molecule has 0 amide bonds. The lowest BCUT2D eigenvalue weighted by Gasteiger charge is -2.18. The Bertz CT molecular complexity index is 735. The number of nitrogens with zero attached hydrogens (tertiary/aromatic N) is 2. The van der Waals surface area contributed by atoms with Crippen LogP contribution in [-0.2, 0) is 6.42 Å². The van der Waals surface area contributed by atoms with E-state index in [1.807, 2.05) is 31.3 Å². The van der Waals surface area contributed by atoms with Crippen molar-refractivity contribution in [2.24, 2.45) is 0 Å². The van der Waals surface area contributed by atoms with Crippen molar-refractivity contribution in [1.29, 1.82) is 0 Å². The van der Waals surface area contributed by atoms with Gasteiger partial charge in [-0.15, -0.1) is 0 Å². The summed E-state index contributed by atoms with van der Waals surface area (Å²) in [5.74, 6) is 0. The van der Waals surface area contributed by atoms with Gasteiger partial charge in [-0.2, -0.15) is 0 Å². The lowest BCUT2D eigenvalue weighted by atomic mass is 9.97. The van der Waals surface area contributed by atoms with E-state index in [2.05, 4.69) is 33.5 Å². The first-order valence-corrected chi connectivity index (χ1v) is 7.27. The van der Waals surface area contributed by atoms with Crippen LogP contribution < -0.4 is 5.32 Å². The Hall–Kier alpha value is -1.97. The maximum absolute atomic E-state index is 5.94. The Morgan fingerprint density at radius 2 is 1.81 bits per heavy atom. The standard InChI is InChI=1S/C17H16ClN3/c1-19-16(11-12-5-7-13(18)8-6-12)14-3-2-4-15-17(14)21-10-9-20-15/h2-10,16,19H,11H2,1H3. The Balaban J connectivity index is 1.96. The number of halogens is 1. The van der Waals surface area contributed by atoms with Crippen LogP contribution in [0.2, 0.25) is 5.02 Å². The van der Waals surface area contributed by atoms with Crippen LogP contribution in [0.3, 0.4) is 0 Å². The third kappa shape index (κ3) is 3.04. The smallest absolute Gasteiger partial charge is 0.0934 e. The molecule has 3 aromatic rings. The van der Waals surface area contributed by atoms with Crippen LogP contribution in [-0.4, -0.2) is 17.0 Å². The highest BCUT2D eigenvalue weighted by Gasteiger charge is 2.14. The normalized spacial score (nSPS) is 12.5. The molecular weight excluding hydrogens is 282 g/mol. The van der Waals surface area contributed by atoms with E-state index in [-0.39, 0.29) is 6.04 Å². The summed E-state index contributed by atoms with van der Waals surface area (Å²) < 4.78 is 0. The molecule has 1 aromatic heterocycles. The highest BCUT2D eigenvalue weighted by atomic mass is 35.5. The van der Waals surface area contributed by atoms with Gasteiger partial charge in [-0.05, 0) is 42.8 Å². The van der Waals surface area contributed by atoms with Gasteiger partial charge in [0, 0.05) is 23.5 Å². The molecule has 0 spiro atoms. The van der Waals surface area contributed by atoms with E-state index in [0.717, 1.165) is 28.0 Å². The molecule has 0 aliphatic rings. The van der Waals surface area contributed by atoms with Crippen LogP contribution in [0.4, 0.5) is 0 Å². The van der Waals surface area contributed by atoms with Crippen LogP contribution in [0.5, 0.6) is 0 Å². The first-order valence-electron chi connectivity index (χ1n) is 6.89. The van der Waals surface area contributed by atoms with E-state index >= 15 is 0 Å². The summed E-state index contributed by atoms with van der Waals surface area (Å²) in [6.07, 6.45) is 4.34. The summed E-state index contributed by atoms with van der Waals surface area (Å²) in [4.78, 5) is 8.85. The maximum atomic E-state index is 5.94. The zero-order valence-corrected chi connectivity index (χ0v) is 12.5. The van der Waals surface area contributed by atoms with Crippen molar-refractivity contribution in [1.82, 2.24) is 15.3 Å². The van der Waals surface area contributed by atoms with Crippen molar-refractivity contribution in [3.05, 3.63) is 71.0 Å².